The molecule has 15 aromatic rings. The van der Waals surface area contributed by atoms with Crippen LogP contribution in [0.4, 0.5) is 0 Å². The Morgan fingerprint density at radius 2 is 0.557 bits per heavy atom. The number of pyridine rings is 2. The molecule has 0 aliphatic carbocycles. The summed E-state index contributed by atoms with van der Waals surface area (Å²) < 4.78 is 0. The smallest absolute Gasteiger partial charge is 0.0794 e. The number of fused-ring (bicyclic) bond motifs is 17. The molecule has 2 heteroatoms. The molecule has 0 N–H and O–H groups in total. The van der Waals surface area contributed by atoms with Gasteiger partial charge in [-0.25, -0.2) is 9.97 Å². The van der Waals surface area contributed by atoms with E-state index in [1.807, 2.05) is 0 Å². The molecule has 2 nitrogen and oxygen atoms in total. The number of hydrogen-bond acceptors (Lipinski definition) is 2. The number of aromatic nitrogens is 2. The largest absolute Gasteiger partial charge is 0.248 e. The summed E-state index contributed by atoms with van der Waals surface area (Å²) in [5.74, 6) is 0. The number of benzene rings is 13. The molecule has 0 saturated carbocycles. The SMILES string of the molecule is c1ccc2c(-c3ccc(-c4cc(-c5ccc6c7ccccc7c7ccccc7c6c5)nc5c4cc(-c4ccc6c7ccccc7c7ccccc7c6c4)c4ccccc45)cc3)c3ccccc3nc2c1. The summed E-state index contributed by atoms with van der Waals surface area (Å²) in [5, 5.41) is 20.9. The van der Waals surface area contributed by atoms with E-state index < -0.39 is 0 Å². The molecular formula is C68H40N2. The van der Waals surface area contributed by atoms with E-state index in [2.05, 4.69) is 243 Å². The Morgan fingerprint density at radius 3 is 1.07 bits per heavy atom. The Hall–Kier alpha value is -9.24. The van der Waals surface area contributed by atoms with Crippen molar-refractivity contribution in [3.05, 3.63) is 243 Å². The van der Waals surface area contributed by atoms with Crippen molar-refractivity contribution in [1.82, 2.24) is 9.97 Å². The van der Waals surface area contributed by atoms with E-state index >= 15 is 0 Å². The molecular weight excluding hydrogens is 845 g/mol. The molecule has 0 aliphatic rings. The molecule has 15 rings (SSSR count). The molecule has 0 aliphatic heterocycles. The summed E-state index contributed by atoms with van der Waals surface area (Å²) in [4.78, 5) is 10.7. The van der Waals surface area contributed by atoms with Crippen LogP contribution in [0.5, 0.6) is 0 Å². The molecule has 0 saturated heterocycles. The Bertz CT molecular complexity index is 4580. The zero-order valence-corrected chi connectivity index (χ0v) is 38.0. The molecule has 0 radical (unpaired) electrons. The summed E-state index contributed by atoms with van der Waals surface area (Å²) in [6.45, 7) is 0. The maximum absolute atomic E-state index is 5.70. The van der Waals surface area contributed by atoms with Gasteiger partial charge in [-0.15, -0.1) is 0 Å². The van der Waals surface area contributed by atoms with Crippen LogP contribution in [0.1, 0.15) is 0 Å². The van der Waals surface area contributed by atoms with Crippen LogP contribution in [0.15, 0.2) is 243 Å². The number of para-hydroxylation sites is 2. The van der Waals surface area contributed by atoms with Crippen molar-refractivity contribution in [3.8, 4) is 44.6 Å². The fourth-order valence-corrected chi connectivity index (χ4v) is 11.8. The highest BCUT2D eigenvalue weighted by Gasteiger charge is 2.19. The molecule has 2 heterocycles. The van der Waals surface area contributed by atoms with Gasteiger partial charge in [0, 0.05) is 32.7 Å². The van der Waals surface area contributed by atoms with Crippen LogP contribution in [0.3, 0.4) is 0 Å². The van der Waals surface area contributed by atoms with Crippen molar-refractivity contribution < 1.29 is 0 Å². The minimum Gasteiger partial charge on any atom is -0.248 e. The molecule has 13 aromatic carbocycles. The maximum atomic E-state index is 5.70. The van der Waals surface area contributed by atoms with Crippen molar-refractivity contribution >= 4 is 108 Å². The van der Waals surface area contributed by atoms with Gasteiger partial charge in [-0.3, -0.25) is 0 Å². The van der Waals surface area contributed by atoms with Gasteiger partial charge in [-0.1, -0.05) is 206 Å². The fraction of sp³-hybridized carbons (Fsp3) is 0. The van der Waals surface area contributed by atoms with Gasteiger partial charge in [0.1, 0.15) is 0 Å². The van der Waals surface area contributed by atoms with Gasteiger partial charge in [-0.2, -0.15) is 0 Å². The van der Waals surface area contributed by atoms with Crippen molar-refractivity contribution in [2.24, 2.45) is 0 Å². The van der Waals surface area contributed by atoms with E-state index in [9.17, 15) is 0 Å². The van der Waals surface area contributed by atoms with Crippen LogP contribution >= 0.6 is 0 Å². The molecule has 0 unspecified atom stereocenters. The second kappa shape index (κ2) is 15.1. The van der Waals surface area contributed by atoms with Crippen molar-refractivity contribution in [3.63, 3.8) is 0 Å². The first-order valence-electron chi connectivity index (χ1n) is 24.1. The number of nitrogens with zero attached hydrogens (tertiary/aromatic N) is 2. The first-order chi connectivity index (χ1) is 34.7. The Kier molecular flexibility index (Phi) is 8.39. The number of rotatable bonds is 4. The van der Waals surface area contributed by atoms with E-state index in [0.717, 1.165) is 66.0 Å². The summed E-state index contributed by atoms with van der Waals surface area (Å²) in [6, 6.07) is 89.0. The lowest BCUT2D eigenvalue weighted by Crippen LogP contribution is -1.94. The van der Waals surface area contributed by atoms with E-state index in [4.69, 9.17) is 9.97 Å². The van der Waals surface area contributed by atoms with Gasteiger partial charge in [0.05, 0.1) is 22.2 Å². The third-order valence-corrected chi connectivity index (χ3v) is 15.0. The second-order valence-corrected chi connectivity index (χ2v) is 18.7. The average Bonchev–Trinajstić information content (AvgIpc) is 3.44. The molecule has 0 fully saturated rings. The highest BCUT2D eigenvalue weighted by Crippen LogP contribution is 2.45. The fourth-order valence-electron chi connectivity index (χ4n) is 11.8. The van der Waals surface area contributed by atoms with Crippen LogP contribution in [0.2, 0.25) is 0 Å². The van der Waals surface area contributed by atoms with Gasteiger partial charge in [0.15, 0.2) is 0 Å². The molecule has 322 valence electrons. The Labute approximate surface area is 403 Å². The van der Waals surface area contributed by atoms with Crippen LogP contribution in [-0.4, -0.2) is 9.97 Å². The highest BCUT2D eigenvalue weighted by molar-refractivity contribution is 6.28. The van der Waals surface area contributed by atoms with E-state index in [-0.39, 0.29) is 0 Å². The molecule has 0 bridgehead atoms. The zero-order chi connectivity index (χ0) is 45.9. The van der Waals surface area contributed by atoms with Crippen molar-refractivity contribution in [1.29, 1.82) is 0 Å². The standard InChI is InChI=1S/C68H40N2/c1-3-19-49-45(15-1)47-17-5-7-21-51(47)61-37-43(33-35-54(49)61)59-39-63-60(41-29-31-42(32-30-41)67-57-25-11-13-27-64(57)69-65-28-14-12-26-58(65)67)40-66(70-68(63)56-24-10-9-23-53(56)59)44-34-36-55-50-20-4-2-16-46(50)48-18-6-8-22-52(48)62(55)38-44/h1-40H. The van der Waals surface area contributed by atoms with E-state index in [0.29, 0.717) is 0 Å². The third-order valence-electron chi connectivity index (χ3n) is 15.0. The zero-order valence-electron chi connectivity index (χ0n) is 38.0. The van der Waals surface area contributed by atoms with Crippen LogP contribution in [0, 0.1) is 0 Å². The lowest BCUT2D eigenvalue weighted by Gasteiger charge is -2.18. The van der Waals surface area contributed by atoms with Gasteiger partial charge in [-0.05, 0) is 134 Å². The van der Waals surface area contributed by atoms with Gasteiger partial charge in [0.25, 0.3) is 0 Å². The normalized spacial score (nSPS) is 12.0. The highest BCUT2D eigenvalue weighted by atomic mass is 14.7. The molecule has 70 heavy (non-hydrogen) atoms. The molecule has 2 aromatic heterocycles. The minimum absolute atomic E-state index is 0.943. The molecule has 0 amide bonds. The lowest BCUT2D eigenvalue weighted by molar-refractivity contribution is 1.41. The van der Waals surface area contributed by atoms with Crippen molar-refractivity contribution in [2.45, 2.75) is 0 Å². The van der Waals surface area contributed by atoms with E-state index in [1.165, 1.54) is 86.7 Å². The van der Waals surface area contributed by atoms with Gasteiger partial charge >= 0.3 is 0 Å². The number of hydrogen-bond donors (Lipinski definition) is 0. The molecule has 0 spiro atoms. The molecule has 0 atom stereocenters. The average molecular weight is 885 g/mol. The first-order valence-corrected chi connectivity index (χ1v) is 24.1. The van der Waals surface area contributed by atoms with Crippen molar-refractivity contribution in [2.75, 3.05) is 0 Å². The van der Waals surface area contributed by atoms with Gasteiger partial charge in [0.2, 0.25) is 0 Å². The predicted molar refractivity (Wildman–Crippen MR) is 299 cm³/mol. The first kappa shape index (κ1) is 38.8. The second-order valence-electron chi connectivity index (χ2n) is 18.7. The monoisotopic (exact) mass is 884 g/mol. The summed E-state index contributed by atoms with van der Waals surface area (Å²) in [7, 11) is 0. The predicted octanol–water partition coefficient (Wildman–Crippen LogP) is 18.7. The Morgan fingerprint density at radius 1 is 0.200 bits per heavy atom. The topological polar surface area (TPSA) is 25.8 Å². The summed E-state index contributed by atoms with van der Waals surface area (Å²) in [5.41, 5.74) is 12.0. The summed E-state index contributed by atoms with van der Waals surface area (Å²) >= 11 is 0. The minimum atomic E-state index is 0.943. The lowest BCUT2D eigenvalue weighted by atomic mass is 9.88. The van der Waals surface area contributed by atoms with E-state index in [1.54, 1.807) is 0 Å². The Balaban J connectivity index is 0.996. The summed E-state index contributed by atoms with van der Waals surface area (Å²) in [6.07, 6.45) is 0. The van der Waals surface area contributed by atoms with Crippen LogP contribution < -0.4 is 0 Å². The third kappa shape index (κ3) is 5.81. The van der Waals surface area contributed by atoms with Gasteiger partial charge < -0.3 is 0 Å². The quantitative estimate of drug-likeness (QED) is 0.130. The van der Waals surface area contributed by atoms with Crippen LogP contribution in [-0.2, 0) is 0 Å². The maximum Gasteiger partial charge on any atom is 0.0794 e. The van der Waals surface area contributed by atoms with Crippen LogP contribution in [0.25, 0.3) is 153 Å².